The Morgan fingerprint density at radius 1 is 1.04 bits per heavy atom. The highest BCUT2D eigenvalue weighted by Gasteiger charge is 2.27. The molecule has 5 nitrogen and oxygen atoms in total. The number of rotatable bonds is 2. The van der Waals surface area contributed by atoms with Crippen molar-refractivity contribution in [2.75, 3.05) is 6.54 Å². The number of fused-ring (bicyclic) bond motifs is 3. The molecule has 1 amide bonds. The highest BCUT2D eigenvalue weighted by Crippen LogP contribution is 2.28. The standard InChI is InChI=1S/C21H18N4OS/c26-20(19-12-22-21(27)25(19)14-6-2-1-3-7-14)24-11-10-18-16(13-24)15-8-4-5-9-17(15)23-18/h1-9,12,23H,10-11,13H2,(H,22,27). The highest BCUT2D eigenvalue weighted by atomic mass is 32.1. The van der Waals surface area contributed by atoms with Crippen molar-refractivity contribution in [1.29, 1.82) is 0 Å². The predicted octanol–water partition coefficient (Wildman–Crippen LogP) is 4.21. The summed E-state index contributed by atoms with van der Waals surface area (Å²) in [5, 5.41) is 1.19. The molecule has 0 unspecified atom stereocenters. The predicted molar refractivity (Wildman–Crippen MR) is 108 cm³/mol. The second-order valence-electron chi connectivity index (χ2n) is 6.75. The van der Waals surface area contributed by atoms with Crippen LogP contribution in [0.1, 0.15) is 21.7 Å². The molecule has 0 saturated carbocycles. The molecule has 3 heterocycles. The van der Waals surface area contributed by atoms with E-state index in [-0.39, 0.29) is 5.91 Å². The van der Waals surface area contributed by atoms with Gasteiger partial charge < -0.3 is 14.9 Å². The van der Waals surface area contributed by atoms with Crippen LogP contribution >= 0.6 is 12.2 Å². The Kier molecular flexibility index (Phi) is 3.72. The van der Waals surface area contributed by atoms with Crippen LogP contribution in [-0.4, -0.2) is 31.9 Å². The summed E-state index contributed by atoms with van der Waals surface area (Å²) in [5.41, 5.74) is 5.02. The van der Waals surface area contributed by atoms with Crippen LogP contribution in [0, 0.1) is 4.77 Å². The van der Waals surface area contributed by atoms with Crippen LogP contribution in [-0.2, 0) is 13.0 Å². The van der Waals surface area contributed by atoms with Gasteiger partial charge >= 0.3 is 0 Å². The van der Waals surface area contributed by atoms with Crippen LogP contribution in [0.3, 0.4) is 0 Å². The first-order chi connectivity index (χ1) is 13.2. The lowest BCUT2D eigenvalue weighted by atomic mass is 10.0. The monoisotopic (exact) mass is 374 g/mol. The average molecular weight is 374 g/mol. The maximum absolute atomic E-state index is 13.3. The van der Waals surface area contributed by atoms with E-state index in [2.05, 4.69) is 22.1 Å². The first kappa shape index (κ1) is 16.1. The maximum Gasteiger partial charge on any atom is 0.272 e. The molecule has 0 spiro atoms. The summed E-state index contributed by atoms with van der Waals surface area (Å²) in [6, 6.07) is 18.0. The van der Waals surface area contributed by atoms with Gasteiger partial charge in [0.1, 0.15) is 5.69 Å². The van der Waals surface area contributed by atoms with Gasteiger partial charge in [-0.1, -0.05) is 36.4 Å². The van der Waals surface area contributed by atoms with Crippen molar-refractivity contribution in [1.82, 2.24) is 19.4 Å². The molecule has 6 heteroatoms. The van der Waals surface area contributed by atoms with E-state index in [9.17, 15) is 4.79 Å². The number of aromatic amines is 2. The lowest BCUT2D eigenvalue weighted by molar-refractivity contribution is 0.0727. The second-order valence-corrected chi connectivity index (χ2v) is 7.14. The Balaban J connectivity index is 1.52. The molecule has 0 aliphatic carbocycles. The zero-order chi connectivity index (χ0) is 18.4. The Morgan fingerprint density at radius 2 is 1.81 bits per heavy atom. The Hall–Kier alpha value is -3.12. The molecule has 4 aromatic rings. The van der Waals surface area contributed by atoms with Gasteiger partial charge in [-0.05, 0) is 30.4 Å². The molecule has 0 atom stereocenters. The first-order valence-corrected chi connectivity index (χ1v) is 9.37. The fraction of sp³-hybridized carbons (Fsp3) is 0.143. The number of para-hydroxylation sites is 2. The maximum atomic E-state index is 13.3. The molecule has 5 rings (SSSR count). The normalized spacial score (nSPS) is 13.7. The minimum absolute atomic E-state index is 0.0119. The number of H-pyrrole nitrogens is 2. The molecule has 1 aliphatic heterocycles. The zero-order valence-electron chi connectivity index (χ0n) is 14.6. The number of aromatic nitrogens is 3. The Morgan fingerprint density at radius 3 is 2.67 bits per heavy atom. The molecule has 2 N–H and O–H groups in total. The third-order valence-corrected chi connectivity index (χ3v) is 5.48. The average Bonchev–Trinajstić information content (AvgIpc) is 3.28. The molecular weight excluding hydrogens is 356 g/mol. The van der Waals surface area contributed by atoms with Crippen LogP contribution in [0.4, 0.5) is 0 Å². The lowest BCUT2D eigenvalue weighted by Crippen LogP contribution is -2.36. The number of nitrogens with zero attached hydrogens (tertiary/aromatic N) is 2. The number of amides is 1. The Labute approximate surface area is 161 Å². The van der Waals surface area contributed by atoms with Gasteiger partial charge in [0.25, 0.3) is 5.91 Å². The fourth-order valence-corrected chi connectivity index (χ4v) is 4.12. The third-order valence-electron chi connectivity index (χ3n) is 5.18. The van der Waals surface area contributed by atoms with Crippen molar-refractivity contribution in [2.45, 2.75) is 13.0 Å². The molecule has 0 saturated heterocycles. The summed E-state index contributed by atoms with van der Waals surface area (Å²) < 4.78 is 2.33. The summed E-state index contributed by atoms with van der Waals surface area (Å²) in [6.45, 7) is 1.29. The Bertz CT molecular complexity index is 1200. The summed E-state index contributed by atoms with van der Waals surface area (Å²) >= 11 is 5.42. The van der Waals surface area contributed by atoms with Crippen molar-refractivity contribution in [3.63, 3.8) is 0 Å². The molecule has 134 valence electrons. The highest BCUT2D eigenvalue weighted by molar-refractivity contribution is 7.71. The molecule has 2 aromatic carbocycles. The van der Waals surface area contributed by atoms with Gasteiger partial charge in [0.2, 0.25) is 0 Å². The van der Waals surface area contributed by atoms with E-state index >= 15 is 0 Å². The molecular formula is C21H18N4OS. The van der Waals surface area contributed by atoms with Crippen LogP contribution < -0.4 is 0 Å². The number of carbonyl (C=O) groups excluding carboxylic acids is 1. The van der Waals surface area contributed by atoms with Gasteiger partial charge in [0, 0.05) is 53.6 Å². The van der Waals surface area contributed by atoms with E-state index in [0.717, 1.165) is 17.6 Å². The van der Waals surface area contributed by atoms with Gasteiger partial charge in [-0.3, -0.25) is 9.36 Å². The number of carbonyl (C=O) groups is 1. The van der Waals surface area contributed by atoms with Crippen LogP contribution in [0.2, 0.25) is 0 Å². The van der Waals surface area contributed by atoms with Crippen LogP contribution in [0.25, 0.3) is 16.6 Å². The van der Waals surface area contributed by atoms with Crippen molar-refractivity contribution >= 4 is 29.0 Å². The quantitative estimate of drug-likeness (QED) is 0.516. The van der Waals surface area contributed by atoms with Crippen molar-refractivity contribution in [3.05, 3.63) is 82.5 Å². The van der Waals surface area contributed by atoms with Crippen molar-refractivity contribution < 1.29 is 4.79 Å². The topological polar surface area (TPSA) is 56.8 Å². The molecule has 27 heavy (non-hydrogen) atoms. The van der Waals surface area contributed by atoms with Crippen LogP contribution in [0.5, 0.6) is 0 Å². The van der Waals surface area contributed by atoms with E-state index in [0.29, 0.717) is 23.6 Å². The van der Waals surface area contributed by atoms with Gasteiger partial charge in [-0.2, -0.15) is 0 Å². The number of hydrogen-bond acceptors (Lipinski definition) is 2. The smallest absolute Gasteiger partial charge is 0.272 e. The van der Waals surface area contributed by atoms with Gasteiger partial charge in [0.15, 0.2) is 4.77 Å². The summed E-state index contributed by atoms with van der Waals surface area (Å²) in [7, 11) is 0. The number of imidazole rings is 1. The van der Waals surface area contributed by atoms with E-state index in [1.807, 2.05) is 51.9 Å². The lowest BCUT2D eigenvalue weighted by Gasteiger charge is -2.27. The number of benzene rings is 2. The zero-order valence-corrected chi connectivity index (χ0v) is 15.4. The SMILES string of the molecule is O=C(c1c[nH]c(=S)n1-c1ccccc1)N1CCc2[nH]c3ccccc3c2C1. The molecule has 0 bridgehead atoms. The summed E-state index contributed by atoms with van der Waals surface area (Å²) in [5.74, 6) is -0.0119. The van der Waals surface area contributed by atoms with E-state index in [4.69, 9.17) is 12.2 Å². The number of hydrogen-bond donors (Lipinski definition) is 2. The van der Waals surface area contributed by atoms with Gasteiger partial charge in [0.05, 0.1) is 0 Å². The fourth-order valence-electron chi connectivity index (χ4n) is 3.86. The minimum Gasteiger partial charge on any atom is -0.358 e. The first-order valence-electron chi connectivity index (χ1n) is 8.96. The number of nitrogens with one attached hydrogen (secondary N) is 2. The molecule has 2 aromatic heterocycles. The van der Waals surface area contributed by atoms with E-state index < -0.39 is 0 Å². The summed E-state index contributed by atoms with van der Waals surface area (Å²) in [6.07, 6.45) is 2.54. The largest absolute Gasteiger partial charge is 0.358 e. The summed E-state index contributed by atoms with van der Waals surface area (Å²) in [4.78, 5) is 21.7. The molecule has 0 fully saturated rings. The molecule has 0 radical (unpaired) electrons. The van der Waals surface area contributed by atoms with E-state index in [1.54, 1.807) is 6.20 Å². The molecule has 1 aliphatic rings. The third kappa shape index (κ3) is 2.61. The van der Waals surface area contributed by atoms with Gasteiger partial charge in [-0.25, -0.2) is 0 Å². The van der Waals surface area contributed by atoms with Gasteiger partial charge in [-0.15, -0.1) is 0 Å². The van der Waals surface area contributed by atoms with Crippen molar-refractivity contribution in [2.24, 2.45) is 0 Å². The minimum atomic E-state index is -0.0119. The van der Waals surface area contributed by atoms with Crippen molar-refractivity contribution in [3.8, 4) is 5.69 Å². The van der Waals surface area contributed by atoms with E-state index in [1.165, 1.54) is 16.6 Å². The second kappa shape index (κ2) is 6.25. The van der Waals surface area contributed by atoms with Crippen LogP contribution in [0.15, 0.2) is 60.8 Å².